The van der Waals surface area contributed by atoms with E-state index in [-0.39, 0.29) is 18.2 Å². The summed E-state index contributed by atoms with van der Waals surface area (Å²) in [6.45, 7) is 11.4. The Labute approximate surface area is 255 Å². The minimum Gasteiger partial charge on any atom is -0.381 e. The number of hydrogen-bond donors (Lipinski definition) is 1. The summed E-state index contributed by atoms with van der Waals surface area (Å²) in [6.07, 6.45) is 2.68. The molecule has 1 fully saturated rings. The van der Waals surface area contributed by atoms with E-state index in [2.05, 4.69) is 26.0 Å². The molecule has 6 nitrogen and oxygen atoms in total. The largest absolute Gasteiger partial charge is 0.381 e. The number of amides is 2. The van der Waals surface area contributed by atoms with E-state index in [0.717, 1.165) is 64.9 Å². The molecule has 43 heavy (non-hydrogen) atoms. The lowest BCUT2D eigenvalue weighted by Gasteiger charge is -2.42. The molecule has 3 aliphatic rings. The highest BCUT2D eigenvalue weighted by atomic mass is 16.5. The molecular weight excluding hydrogens is 536 g/mol. The molecule has 1 saturated carbocycles. The molecule has 2 amide bonds. The number of hydrogen-bond acceptors (Lipinski definition) is 4. The van der Waals surface area contributed by atoms with Gasteiger partial charge in [0.2, 0.25) is 11.8 Å². The van der Waals surface area contributed by atoms with Crippen LogP contribution in [-0.4, -0.2) is 43.2 Å². The fourth-order valence-electron chi connectivity index (χ4n) is 8.23. The van der Waals surface area contributed by atoms with Crippen molar-refractivity contribution in [2.75, 3.05) is 30.0 Å². The van der Waals surface area contributed by atoms with Crippen LogP contribution in [0.4, 0.5) is 11.4 Å². The number of carbonyl (C=O) groups excluding carboxylic acids is 2. The van der Waals surface area contributed by atoms with Crippen molar-refractivity contribution in [3.05, 3.63) is 94.0 Å². The van der Waals surface area contributed by atoms with Crippen molar-refractivity contribution in [3.63, 3.8) is 0 Å². The number of nitrogens with zero attached hydrogens (tertiary/aromatic N) is 2. The van der Waals surface area contributed by atoms with E-state index < -0.39 is 22.5 Å². The summed E-state index contributed by atoms with van der Waals surface area (Å²) in [5.74, 6) is -0.248. The molecule has 2 aliphatic heterocycles. The van der Waals surface area contributed by atoms with Gasteiger partial charge in [-0.25, -0.2) is 0 Å². The van der Waals surface area contributed by atoms with Gasteiger partial charge in [0.1, 0.15) is 22.5 Å². The summed E-state index contributed by atoms with van der Waals surface area (Å²) in [7, 11) is 1.58. The average molecular weight is 581 g/mol. The molecule has 3 aromatic rings. The van der Waals surface area contributed by atoms with Crippen LogP contribution in [0.3, 0.4) is 0 Å². The van der Waals surface area contributed by atoms with E-state index >= 15 is 9.59 Å². The number of unbranched alkanes of at least 4 members (excludes halogenated alkanes) is 2. The predicted octanol–water partition coefficient (Wildman–Crippen LogP) is 6.39. The van der Waals surface area contributed by atoms with Gasteiger partial charge < -0.3 is 19.6 Å². The third-order valence-electron chi connectivity index (χ3n) is 10.3. The maximum atomic E-state index is 15.2. The third kappa shape index (κ3) is 3.85. The Bertz CT molecular complexity index is 1580. The van der Waals surface area contributed by atoms with Gasteiger partial charge >= 0.3 is 0 Å². The lowest BCUT2D eigenvalue weighted by molar-refractivity contribution is -0.153. The Morgan fingerprint density at radius 1 is 0.767 bits per heavy atom. The zero-order valence-electron chi connectivity index (χ0n) is 26.4. The molecule has 226 valence electrons. The van der Waals surface area contributed by atoms with E-state index in [1.807, 2.05) is 79.1 Å². The fourth-order valence-corrected chi connectivity index (χ4v) is 8.23. The molecule has 3 aromatic carbocycles. The highest BCUT2D eigenvalue weighted by Gasteiger charge is 2.80. The van der Waals surface area contributed by atoms with E-state index in [4.69, 9.17) is 4.74 Å². The highest BCUT2D eigenvalue weighted by Crippen LogP contribution is 2.69. The number of aryl methyl sites for hydroxylation is 3. The van der Waals surface area contributed by atoms with Crippen molar-refractivity contribution in [1.29, 1.82) is 0 Å². The maximum absolute atomic E-state index is 15.2. The quantitative estimate of drug-likeness (QED) is 0.335. The number of fused-ring (bicyclic) bond motifs is 4. The summed E-state index contributed by atoms with van der Waals surface area (Å²) in [5, 5.41) is 13.6. The predicted molar refractivity (Wildman–Crippen MR) is 171 cm³/mol. The van der Waals surface area contributed by atoms with Crippen LogP contribution < -0.4 is 9.80 Å². The van der Waals surface area contributed by atoms with Gasteiger partial charge in [-0.05, 0) is 68.9 Å². The number of anilines is 2. The Morgan fingerprint density at radius 3 is 1.84 bits per heavy atom. The van der Waals surface area contributed by atoms with Crippen molar-refractivity contribution in [2.24, 2.45) is 0 Å². The van der Waals surface area contributed by atoms with Gasteiger partial charge in [0.25, 0.3) is 0 Å². The lowest BCUT2D eigenvalue weighted by atomic mass is 9.66. The highest BCUT2D eigenvalue weighted by molar-refractivity contribution is 6.14. The molecular formula is C37H44N2O4. The lowest BCUT2D eigenvalue weighted by Crippen LogP contribution is -2.58. The second-order valence-corrected chi connectivity index (χ2v) is 13.0. The van der Waals surface area contributed by atoms with E-state index in [0.29, 0.717) is 18.7 Å². The van der Waals surface area contributed by atoms with Crippen LogP contribution in [0.15, 0.2) is 60.7 Å². The SMILES string of the molecule is CCCCN1C(=O)C2(CC3(C(=O)N(CCCC)c4ccc(C)cc43)C(O)(c3ccc(C)cc3)C2OC)c2cc(C)ccc21. The molecule has 6 rings (SSSR count). The van der Waals surface area contributed by atoms with Gasteiger partial charge in [-0.1, -0.05) is 91.9 Å². The number of rotatable bonds is 8. The van der Waals surface area contributed by atoms with Crippen LogP contribution >= 0.6 is 0 Å². The van der Waals surface area contributed by atoms with Crippen molar-refractivity contribution >= 4 is 23.2 Å². The Balaban J connectivity index is 1.70. The number of methoxy groups -OCH3 is 1. The first-order valence-electron chi connectivity index (χ1n) is 15.8. The molecule has 0 bridgehead atoms. The number of aliphatic hydroxyl groups is 1. The summed E-state index contributed by atoms with van der Waals surface area (Å²) >= 11 is 0. The summed E-state index contributed by atoms with van der Waals surface area (Å²) in [4.78, 5) is 34.0. The van der Waals surface area contributed by atoms with Crippen molar-refractivity contribution < 1.29 is 19.4 Å². The van der Waals surface area contributed by atoms with Gasteiger partial charge in [0.05, 0.1) is 0 Å². The van der Waals surface area contributed by atoms with Crippen LogP contribution in [0.1, 0.15) is 79.3 Å². The molecule has 4 unspecified atom stereocenters. The first-order valence-corrected chi connectivity index (χ1v) is 15.8. The van der Waals surface area contributed by atoms with Gasteiger partial charge in [-0.3, -0.25) is 9.59 Å². The number of carbonyl (C=O) groups is 2. The minimum atomic E-state index is -1.83. The Kier molecular flexibility index (Phi) is 7.29. The second kappa shape index (κ2) is 10.6. The third-order valence-corrected chi connectivity index (χ3v) is 10.3. The molecule has 1 N–H and O–H groups in total. The Hall–Kier alpha value is -3.48. The maximum Gasteiger partial charge on any atom is 0.241 e. The van der Waals surface area contributed by atoms with E-state index in [1.54, 1.807) is 7.11 Å². The van der Waals surface area contributed by atoms with Crippen LogP contribution in [0, 0.1) is 20.8 Å². The molecule has 1 aliphatic carbocycles. The zero-order chi connectivity index (χ0) is 30.7. The molecule has 2 heterocycles. The standard InChI is InChI=1S/C37H44N2O4/c1-7-9-19-38-30-17-13-25(4)21-28(30)35(33(38)40)23-36(37(42,32(35)43-6)27-15-11-24(3)12-16-27)29-22-26(5)14-18-31(29)39(34(36)41)20-10-8-2/h11-18,21-22,32,42H,7-10,19-20,23H2,1-6H3. The summed E-state index contributed by atoms with van der Waals surface area (Å²) in [6, 6.07) is 20.0. The average Bonchev–Trinajstić information content (AvgIpc) is 3.48. The number of ether oxygens (including phenoxy) is 1. The molecule has 0 saturated heterocycles. The van der Waals surface area contributed by atoms with Crippen LogP contribution in [0.25, 0.3) is 0 Å². The molecule has 6 heteroatoms. The van der Waals surface area contributed by atoms with Crippen molar-refractivity contribution in [2.45, 2.75) is 89.3 Å². The van der Waals surface area contributed by atoms with Crippen LogP contribution in [0.5, 0.6) is 0 Å². The first-order chi connectivity index (χ1) is 20.6. The number of benzene rings is 3. The van der Waals surface area contributed by atoms with E-state index in [1.165, 1.54) is 0 Å². The second-order valence-electron chi connectivity index (χ2n) is 13.0. The van der Waals surface area contributed by atoms with Gasteiger partial charge in [0, 0.05) is 31.6 Å². The smallest absolute Gasteiger partial charge is 0.241 e. The normalized spacial score (nSPS) is 27.6. The van der Waals surface area contributed by atoms with Gasteiger partial charge in [-0.15, -0.1) is 0 Å². The monoisotopic (exact) mass is 580 g/mol. The van der Waals surface area contributed by atoms with Gasteiger partial charge in [0.15, 0.2) is 0 Å². The van der Waals surface area contributed by atoms with Crippen molar-refractivity contribution in [3.8, 4) is 0 Å². The van der Waals surface area contributed by atoms with Crippen molar-refractivity contribution in [1.82, 2.24) is 0 Å². The van der Waals surface area contributed by atoms with Crippen LogP contribution in [-0.2, 0) is 30.8 Å². The Morgan fingerprint density at radius 2 is 1.28 bits per heavy atom. The minimum absolute atomic E-state index is 0.0928. The topological polar surface area (TPSA) is 70.1 Å². The molecule has 4 atom stereocenters. The van der Waals surface area contributed by atoms with Gasteiger partial charge in [-0.2, -0.15) is 0 Å². The first kappa shape index (κ1) is 29.6. The van der Waals surface area contributed by atoms with Crippen LogP contribution in [0.2, 0.25) is 0 Å². The zero-order valence-corrected chi connectivity index (χ0v) is 26.4. The van der Waals surface area contributed by atoms with E-state index in [9.17, 15) is 5.11 Å². The summed E-state index contributed by atoms with van der Waals surface area (Å²) in [5.41, 5.74) is 2.44. The molecule has 2 spiro atoms. The summed E-state index contributed by atoms with van der Waals surface area (Å²) < 4.78 is 6.40. The molecule has 0 radical (unpaired) electrons. The fraction of sp³-hybridized carbons (Fsp3) is 0.459. The molecule has 0 aromatic heterocycles.